The van der Waals surface area contributed by atoms with E-state index >= 15 is 0 Å². The number of nitrogens with one attached hydrogen (secondary N) is 1. The number of fused-ring (bicyclic) bond motifs is 2. The second-order valence-electron chi connectivity index (χ2n) is 13.0. The molecule has 1 saturated carbocycles. The van der Waals surface area contributed by atoms with Crippen molar-refractivity contribution in [3.05, 3.63) is 65.7 Å². The number of carbonyl (C=O) groups excluding carboxylic acids is 1. The Kier molecular flexibility index (Phi) is 9.49. The molecule has 4 aliphatic rings. The van der Waals surface area contributed by atoms with Crippen LogP contribution in [0, 0.1) is 17.8 Å². The zero-order valence-electron chi connectivity index (χ0n) is 25.9. The number of nitrogens with zero attached hydrogens (tertiary/aromatic N) is 2. The summed E-state index contributed by atoms with van der Waals surface area (Å²) in [7, 11) is -3.98. The van der Waals surface area contributed by atoms with Gasteiger partial charge in [-0.05, 0) is 48.4 Å². The van der Waals surface area contributed by atoms with Gasteiger partial charge in [0.1, 0.15) is 12.2 Å². The lowest BCUT2D eigenvalue weighted by molar-refractivity contribution is -0.153. The lowest BCUT2D eigenvalue weighted by atomic mass is 9.78. The summed E-state index contributed by atoms with van der Waals surface area (Å²) in [4.78, 5) is 17.7. The highest BCUT2D eigenvalue weighted by Gasteiger charge is 2.53. The smallest absolute Gasteiger partial charge is 0.407 e. The van der Waals surface area contributed by atoms with Crippen LogP contribution in [0.2, 0.25) is 0 Å². The fraction of sp³-hybridized carbons (Fsp3) is 0.576. The molecule has 3 fully saturated rings. The fourth-order valence-corrected chi connectivity index (χ4v) is 8.49. The third kappa shape index (κ3) is 7.20. The van der Waals surface area contributed by atoms with E-state index in [2.05, 4.69) is 10.3 Å². The van der Waals surface area contributed by atoms with Gasteiger partial charge in [0.15, 0.2) is 12.2 Å². The first-order chi connectivity index (χ1) is 21.6. The van der Waals surface area contributed by atoms with Crippen LogP contribution in [-0.4, -0.2) is 86.7 Å². The van der Waals surface area contributed by atoms with Gasteiger partial charge in [0, 0.05) is 31.8 Å². The summed E-state index contributed by atoms with van der Waals surface area (Å²) in [6.45, 7) is 6.58. The fourth-order valence-electron chi connectivity index (χ4n) is 6.87. The molecule has 2 aromatic carbocycles. The average Bonchev–Trinajstić information content (AvgIpc) is 3.58. The summed E-state index contributed by atoms with van der Waals surface area (Å²) in [6.07, 6.45) is -1.04. The van der Waals surface area contributed by atoms with Crippen LogP contribution in [-0.2, 0) is 35.4 Å². The number of aliphatic hydroxyl groups excluding tert-OH is 1. The largest absolute Gasteiger partial charge is 0.471 e. The number of rotatable bonds is 12. The van der Waals surface area contributed by atoms with Crippen LogP contribution in [0.3, 0.4) is 0 Å². The molecule has 244 valence electrons. The van der Waals surface area contributed by atoms with E-state index in [1.54, 1.807) is 31.2 Å². The highest BCUT2D eigenvalue weighted by Crippen LogP contribution is 2.46. The topological polar surface area (TPSA) is 136 Å². The summed E-state index contributed by atoms with van der Waals surface area (Å²) in [5.41, 5.74) is 1.72. The Labute approximate surface area is 265 Å². The van der Waals surface area contributed by atoms with Gasteiger partial charge in [0.2, 0.25) is 10.0 Å². The molecular weight excluding hydrogens is 598 g/mol. The van der Waals surface area contributed by atoms with Gasteiger partial charge in [-0.2, -0.15) is 4.31 Å². The number of benzene rings is 2. The molecular formula is C33H43N3O8S. The number of aliphatic imine (C=N–C) groups is 1. The van der Waals surface area contributed by atoms with Crippen molar-refractivity contribution in [1.29, 1.82) is 0 Å². The van der Waals surface area contributed by atoms with Crippen LogP contribution in [0.25, 0.3) is 0 Å². The Morgan fingerprint density at radius 1 is 1.09 bits per heavy atom. The Balaban J connectivity index is 1.17. The van der Waals surface area contributed by atoms with Crippen molar-refractivity contribution in [3.8, 4) is 0 Å². The lowest BCUT2D eigenvalue weighted by Gasteiger charge is -2.37. The lowest BCUT2D eigenvalue weighted by Crippen LogP contribution is -2.53. The van der Waals surface area contributed by atoms with E-state index in [-0.39, 0.29) is 54.7 Å². The Bertz CT molecular complexity index is 1460. The monoisotopic (exact) mass is 641 g/mol. The van der Waals surface area contributed by atoms with Crippen LogP contribution in [0.5, 0.6) is 0 Å². The first-order valence-corrected chi connectivity index (χ1v) is 17.2. The predicted octanol–water partition coefficient (Wildman–Crippen LogP) is 3.67. The highest BCUT2D eigenvalue weighted by molar-refractivity contribution is 7.89. The highest BCUT2D eigenvalue weighted by atomic mass is 32.2. The second kappa shape index (κ2) is 13.4. The Hall–Kier alpha value is -3.03. The molecule has 11 nitrogen and oxygen atoms in total. The zero-order chi connectivity index (χ0) is 31.7. The van der Waals surface area contributed by atoms with Crippen LogP contribution in [0.4, 0.5) is 4.79 Å². The van der Waals surface area contributed by atoms with Crippen molar-refractivity contribution in [2.24, 2.45) is 22.7 Å². The maximum Gasteiger partial charge on any atom is 0.407 e. The number of hydrogen-bond donors (Lipinski definition) is 2. The minimum atomic E-state index is -3.98. The number of sulfonamides is 1. The number of aliphatic hydroxyl groups is 1. The van der Waals surface area contributed by atoms with E-state index in [9.17, 15) is 18.3 Å². The number of carbonyl (C=O) groups is 1. The molecule has 6 rings (SSSR count). The molecule has 0 aromatic heterocycles. The molecule has 2 N–H and O–H groups in total. The molecule has 2 aromatic rings. The van der Waals surface area contributed by atoms with Crippen molar-refractivity contribution in [1.82, 2.24) is 9.62 Å². The van der Waals surface area contributed by atoms with E-state index in [0.29, 0.717) is 25.0 Å². The van der Waals surface area contributed by atoms with Crippen molar-refractivity contribution >= 4 is 22.0 Å². The predicted molar refractivity (Wildman–Crippen MR) is 166 cm³/mol. The third-order valence-corrected chi connectivity index (χ3v) is 10.9. The average molecular weight is 642 g/mol. The molecule has 3 heterocycles. The van der Waals surface area contributed by atoms with Gasteiger partial charge in [-0.15, -0.1) is 0 Å². The minimum Gasteiger partial charge on any atom is -0.471 e. The van der Waals surface area contributed by atoms with Crippen molar-refractivity contribution in [3.63, 3.8) is 0 Å². The zero-order valence-corrected chi connectivity index (χ0v) is 26.8. The maximum atomic E-state index is 13.9. The van der Waals surface area contributed by atoms with Gasteiger partial charge in [0.25, 0.3) is 0 Å². The quantitative estimate of drug-likeness (QED) is 0.359. The standard InChI is InChI=1S/C33H43N3O8S/c1-20(2)17-36(45(39,40)26-11-9-23(10-12-26)30-16-34-21(3)42-30)18-28(37)27(13-22-7-5-4-6-8-22)35-33(38)44-31-25-14-24-15-29(31)43-32(24)41-19-25/h4-12,20,24-25,27-32,37H,13-19H2,1-3H3,(H,35,38)/t24?,25?,27-,28+,29?,30?,31?,32?/m0/s1. The van der Waals surface area contributed by atoms with Gasteiger partial charge < -0.3 is 29.4 Å². The number of ether oxygens (including phenoxy) is 4. The van der Waals surface area contributed by atoms with E-state index in [1.165, 1.54) is 4.31 Å². The molecule has 1 aliphatic carbocycles. The molecule has 0 spiro atoms. The van der Waals surface area contributed by atoms with Crippen LogP contribution < -0.4 is 5.32 Å². The molecule has 0 radical (unpaired) electrons. The van der Waals surface area contributed by atoms with Crippen molar-refractivity contribution in [2.45, 2.75) is 81.7 Å². The van der Waals surface area contributed by atoms with E-state index in [1.807, 2.05) is 44.2 Å². The molecule has 2 saturated heterocycles. The molecule has 12 heteroatoms. The molecule has 1 amide bonds. The van der Waals surface area contributed by atoms with Crippen LogP contribution in [0.1, 0.15) is 50.8 Å². The SMILES string of the molecule is CC1=NCC(c2ccc(S(=O)(=O)N(CC(C)C)C[C@@H](O)[C@H](Cc3ccccc3)NC(=O)OC3C4COC5OC3CC5C4)cc2)O1. The number of amides is 1. The number of hydrogen-bond acceptors (Lipinski definition) is 9. The Morgan fingerprint density at radius 3 is 2.53 bits per heavy atom. The van der Waals surface area contributed by atoms with Crippen molar-refractivity contribution < 1.29 is 37.3 Å². The third-order valence-electron chi connectivity index (χ3n) is 9.09. The van der Waals surface area contributed by atoms with E-state index in [4.69, 9.17) is 18.9 Å². The summed E-state index contributed by atoms with van der Waals surface area (Å²) >= 11 is 0. The first kappa shape index (κ1) is 31.9. The molecule has 6 unspecified atom stereocenters. The van der Waals surface area contributed by atoms with Gasteiger partial charge in [0.05, 0.1) is 36.3 Å². The van der Waals surface area contributed by atoms with Gasteiger partial charge in [-0.25, -0.2) is 13.2 Å². The van der Waals surface area contributed by atoms with Crippen LogP contribution >= 0.6 is 0 Å². The van der Waals surface area contributed by atoms with Gasteiger partial charge in [-0.3, -0.25) is 4.99 Å². The molecule has 3 bridgehead atoms. The molecule has 45 heavy (non-hydrogen) atoms. The van der Waals surface area contributed by atoms with Gasteiger partial charge in [-0.1, -0.05) is 56.3 Å². The Morgan fingerprint density at radius 2 is 1.84 bits per heavy atom. The normalized spacial score (nSPS) is 28.5. The second-order valence-corrected chi connectivity index (χ2v) is 14.9. The number of alkyl carbamates (subject to hydrolysis) is 1. The van der Waals surface area contributed by atoms with E-state index in [0.717, 1.165) is 24.0 Å². The molecule has 8 atom stereocenters. The maximum absolute atomic E-state index is 13.9. The van der Waals surface area contributed by atoms with Gasteiger partial charge >= 0.3 is 6.09 Å². The molecule has 3 aliphatic heterocycles. The minimum absolute atomic E-state index is 0.0113. The summed E-state index contributed by atoms with van der Waals surface area (Å²) in [5, 5.41) is 14.5. The summed E-state index contributed by atoms with van der Waals surface area (Å²) in [6, 6.07) is 15.3. The summed E-state index contributed by atoms with van der Waals surface area (Å²) < 4.78 is 52.6. The van der Waals surface area contributed by atoms with Crippen molar-refractivity contribution in [2.75, 3.05) is 26.2 Å². The van der Waals surface area contributed by atoms with E-state index < -0.39 is 34.4 Å². The first-order valence-electron chi connectivity index (χ1n) is 15.8. The summed E-state index contributed by atoms with van der Waals surface area (Å²) in [5.74, 6) is 0.994. The van der Waals surface area contributed by atoms with Crippen LogP contribution in [0.15, 0.2) is 64.5 Å².